The molecule has 1 aromatic carbocycles. The number of hydrogen-bond donors (Lipinski definition) is 1. The molecule has 1 saturated heterocycles. The molecule has 1 aromatic heterocycles. The summed E-state index contributed by atoms with van der Waals surface area (Å²) in [5, 5.41) is 16.4. The minimum absolute atomic E-state index is 0.00353. The van der Waals surface area contributed by atoms with Gasteiger partial charge in [-0.15, -0.1) is 5.10 Å². The summed E-state index contributed by atoms with van der Waals surface area (Å²) in [7, 11) is 0. The fraction of sp³-hybridized carbons (Fsp3) is 0.375. The molecule has 7 nitrogen and oxygen atoms in total. The Morgan fingerprint density at radius 1 is 1.19 bits per heavy atom. The Labute approximate surface area is 146 Å². The Morgan fingerprint density at radius 3 is 2.50 bits per heavy atom. The number of carbonyl (C=O) groups excluding carboxylic acids is 1. The van der Waals surface area contributed by atoms with Crippen molar-refractivity contribution in [2.75, 3.05) is 13.1 Å². The van der Waals surface area contributed by atoms with Gasteiger partial charge in [0.2, 0.25) is 0 Å². The number of nitrogens with zero attached hydrogens (tertiary/aromatic N) is 4. The van der Waals surface area contributed by atoms with Crippen LogP contribution < -0.4 is 0 Å². The van der Waals surface area contributed by atoms with Gasteiger partial charge in [0.15, 0.2) is 5.69 Å². The maximum Gasteiger partial charge on any atom is 0.416 e. The molecule has 1 N–H and O–H groups in total. The number of amides is 1. The average molecular weight is 368 g/mol. The molecule has 1 fully saturated rings. The van der Waals surface area contributed by atoms with E-state index in [1.165, 1.54) is 23.2 Å². The molecule has 0 atom stereocenters. The average Bonchev–Trinajstić information content (AvgIpc) is 3.10. The summed E-state index contributed by atoms with van der Waals surface area (Å²) in [6, 6.07) is 4.54. The summed E-state index contributed by atoms with van der Waals surface area (Å²) >= 11 is 0. The zero-order valence-electron chi connectivity index (χ0n) is 13.5. The lowest BCUT2D eigenvalue weighted by Crippen LogP contribution is -2.40. The molecular formula is C16H15F3N4O3. The van der Waals surface area contributed by atoms with Crippen LogP contribution >= 0.6 is 0 Å². The summed E-state index contributed by atoms with van der Waals surface area (Å²) in [4.78, 5) is 24.9. The fourth-order valence-corrected chi connectivity index (χ4v) is 2.80. The molecule has 1 amide bonds. The number of alkyl halides is 3. The van der Waals surface area contributed by atoms with Crippen molar-refractivity contribution in [1.82, 2.24) is 19.9 Å². The monoisotopic (exact) mass is 368 g/mol. The van der Waals surface area contributed by atoms with Crippen molar-refractivity contribution in [2.45, 2.75) is 19.0 Å². The van der Waals surface area contributed by atoms with Crippen molar-refractivity contribution in [3.63, 3.8) is 0 Å². The molecule has 1 aliphatic heterocycles. The van der Waals surface area contributed by atoms with Gasteiger partial charge in [-0.2, -0.15) is 13.2 Å². The van der Waals surface area contributed by atoms with Crippen LogP contribution in [0, 0.1) is 5.92 Å². The van der Waals surface area contributed by atoms with E-state index in [-0.39, 0.29) is 24.5 Å². The van der Waals surface area contributed by atoms with Crippen LogP contribution in [0.3, 0.4) is 0 Å². The number of rotatable bonds is 3. The standard InChI is InChI=1S/C16H15F3N4O3/c17-16(18,19)11-2-1-3-12(8-11)23-9-13(20-21-23)14(24)22-6-4-10(5-7-22)15(25)26/h1-3,8-10H,4-7H2,(H,25,26). The van der Waals surface area contributed by atoms with Crippen LogP contribution in [0.25, 0.3) is 5.69 Å². The summed E-state index contributed by atoms with van der Waals surface area (Å²) in [6.07, 6.45) is -2.52. The zero-order valence-corrected chi connectivity index (χ0v) is 13.5. The van der Waals surface area contributed by atoms with Gasteiger partial charge in [0.25, 0.3) is 5.91 Å². The van der Waals surface area contributed by atoms with Crippen LogP contribution in [0.1, 0.15) is 28.9 Å². The molecule has 2 heterocycles. The first-order valence-electron chi connectivity index (χ1n) is 7.88. The van der Waals surface area contributed by atoms with Crippen LogP contribution in [0.4, 0.5) is 13.2 Å². The van der Waals surface area contributed by atoms with Crippen LogP contribution in [0.5, 0.6) is 0 Å². The van der Waals surface area contributed by atoms with Crippen molar-refractivity contribution in [3.05, 3.63) is 41.7 Å². The van der Waals surface area contributed by atoms with E-state index in [2.05, 4.69) is 10.3 Å². The second kappa shape index (κ2) is 6.77. The lowest BCUT2D eigenvalue weighted by atomic mass is 9.97. The number of halogens is 3. The zero-order chi connectivity index (χ0) is 18.9. The van der Waals surface area contributed by atoms with E-state index in [1.54, 1.807) is 0 Å². The minimum atomic E-state index is -4.48. The first kappa shape index (κ1) is 17.9. The Balaban J connectivity index is 1.74. The largest absolute Gasteiger partial charge is 0.481 e. The lowest BCUT2D eigenvalue weighted by Gasteiger charge is -2.29. The molecule has 2 aromatic rings. The second-order valence-electron chi connectivity index (χ2n) is 6.00. The Bertz CT molecular complexity index is 826. The molecule has 0 bridgehead atoms. The van der Waals surface area contributed by atoms with Crippen LogP contribution in [0.2, 0.25) is 0 Å². The number of aromatic nitrogens is 3. The smallest absolute Gasteiger partial charge is 0.416 e. The van der Waals surface area contributed by atoms with Crippen molar-refractivity contribution in [3.8, 4) is 5.69 Å². The van der Waals surface area contributed by atoms with Crippen molar-refractivity contribution < 1.29 is 27.9 Å². The van der Waals surface area contributed by atoms with Gasteiger partial charge in [0, 0.05) is 13.1 Å². The number of benzene rings is 1. The maximum absolute atomic E-state index is 12.8. The number of aliphatic carboxylic acids is 1. The summed E-state index contributed by atoms with van der Waals surface area (Å²) in [6.45, 7) is 0.568. The number of likely N-dealkylation sites (tertiary alicyclic amines) is 1. The quantitative estimate of drug-likeness (QED) is 0.898. The molecule has 138 valence electrons. The Kier molecular flexibility index (Phi) is 4.66. The highest BCUT2D eigenvalue weighted by atomic mass is 19.4. The lowest BCUT2D eigenvalue weighted by molar-refractivity contribution is -0.143. The maximum atomic E-state index is 12.8. The summed E-state index contributed by atoms with van der Waals surface area (Å²) < 4.78 is 39.5. The van der Waals surface area contributed by atoms with Gasteiger partial charge >= 0.3 is 12.1 Å². The van der Waals surface area contributed by atoms with Gasteiger partial charge in [-0.1, -0.05) is 11.3 Å². The third kappa shape index (κ3) is 3.68. The number of carbonyl (C=O) groups is 2. The Hall–Kier alpha value is -2.91. The highest BCUT2D eigenvalue weighted by Gasteiger charge is 2.31. The molecule has 0 radical (unpaired) electrons. The highest BCUT2D eigenvalue weighted by molar-refractivity contribution is 5.92. The number of carboxylic acids is 1. The van der Waals surface area contributed by atoms with Crippen molar-refractivity contribution in [1.29, 1.82) is 0 Å². The number of hydrogen-bond acceptors (Lipinski definition) is 4. The second-order valence-corrected chi connectivity index (χ2v) is 6.00. The molecule has 0 aliphatic carbocycles. The summed E-state index contributed by atoms with van der Waals surface area (Å²) in [5.74, 6) is -1.78. The topological polar surface area (TPSA) is 88.3 Å². The van der Waals surface area contributed by atoms with Gasteiger partial charge < -0.3 is 10.0 Å². The SMILES string of the molecule is O=C(O)C1CCN(C(=O)c2cn(-c3cccc(C(F)(F)F)c3)nn2)CC1. The molecular weight excluding hydrogens is 353 g/mol. The van der Waals surface area contributed by atoms with Gasteiger partial charge in [0.05, 0.1) is 23.4 Å². The van der Waals surface area contributed by atoms with E-state index in [9.17, 15) is 22.8 Å². The third-order valence-corrected chi connectivity index (χ3v) is 4.28. The van der Waals surface area contributed by atoms with Crippen molar-refractivity contribution in [2.24, 2.45) is 5.92 Å². The number of piperidine rings is 1. The van der Waals surface area contributed by atoms with Crippen LogP contribution in [-0.4, -0.2) is 50.0 Å². The van der Waals surface area contributed by atoms with E-state index >= 15 is 0 Å². The van der Waals surface area contributed by atoms with Gasteiger partial charge in [-0.3, -0.25) is 9.59 Å². The fourth-order valence-electron chi connectivity index (χ4n) is 2.80. The van der Waals surface area contributed by atoms with E-state index in [4.69, 9.17) is 5.11 Å². The van der Waals surface area contributed by atoms with E-state index in [1.807, 2.05) is 0 Å². The van der Waals surface area contributed by atoms with Gasteiger partial charge in [-0.05, 0) is 31.0 Å². The van der Waals surface area contributed by atoms with Crippen molar-refractivity contribution >= 4 is 11.9 Å². The predicted molar refractivity (Wildman–Crippen MR) is 82.6 cm³/mol. The van der Waals surface area contributed by atoms with Gasteiger partial charge in [-0.25, -0.2) is 4.68 Å². The van der Waals surface area contributed by atoms with Crippen LogP contribution in [0.15, 0.2) is 30.5 Å². The van der Waals surface area contributed by atoms with Gasteiger partial charge in [0.1, 0.15) is 0 Å². The van der Waals surface area contributed by atoms with E-state index in [0.29, 0.717) is 12.8 Å². The molecule has 26 heavy (non-hydrogen) atoms. The minimum Gasteiger partial charge on any atom is -0.481 e. The highest BCUT2D eigenvalue weighted by Crippen LogP contribution is 2.30. The number of carboxylic acid groups (broad SMARTS) is 1. The van der Waals surface area contributed by atoms with E-state index in [0.717, 1.165) is 16.8 Å². The Morgan fingerprint density at radius 2 is 1.88 bits per heavy atom. The molecule has 3 rings (SSSR count). The first-order chi connectivity index (χ1) is 12.3. The molecule has 0 saturated carbocycles. The molecule has 0 unspecified atom stereocenters. The predicted octanol–water partition coefficient (Wildman–Crippen LogP) is 2.22. The molecule has 10 heteroatoms. The van der Waals surface area contributed by atoms with E-state index < -0.39 is 29.5 Å². The van der Waals surface area contributed by atoms with Crippen LogP contribution in [-0.2, 0) is 11.0 Å². The molecule has 0 spiro atoms. The third-order valence-electron chi connectivity index (χ3n) is 4.28. The normalized spacial score (nSPS) is 15.9. The first-order valence-corrected chi connectivity index (χ1v) is 7.88. The summed E-state index contributed by atoms with van der Waals surface area (Å²) in [5.41, 5.74) is -0.693. The molecule has 1 aliphatic rings.